The largest absolute Gasteiger partial charge is 0.375 e. The van der Waals surface area contributed by atoms with Crippen LogP contribution in [0.4, 0.5) is 11.4 Å². The van der Waals surface area contributed by atoms with E-state index in [9.17, 15) is 10.1 Å². The first-order valence-electron chi connectivity index (χ1n) is 5.77. The van der Waals surface area contributed by atoms with Crippen LogP contribution in [0.1, 0.15) is 11.1 Å². The second kappa shape index (κ2) is 6.17. The van der Waals surface area contributed by atoms with E-state index in [-0.39, 0.29) is 5.69 Å². The van der Waals surface area contributed by atoms with Crippen molar-refractivity contribution in [1.82, 2.24) is 0 Å². The van der Waals surface area contributed by atoms with E-state index in [1.54, 1.807) is 0 Å². The lowest BCUT2D eigenvalue weighted by Gasteiger charge is -2.09. The zero-order valence-corrected chi connectivity index (χ0v) is 11.9. The third-order valence-electron chi connectivity index (χ3n) is 2.75. The summed E-state index contributed by atoms with van der Waals surface area (Å²) < 4.78 is 0.923. The van der Waals surface area contributed by atoms with Crippen molar-refractivity contribution in [1.29, 1.82) is 5.26 Å². The summed E-state index contributed by atoms with van der Waals surface area (Å²) >= 11 is 3.42. The Kier molecular flexibility index (Phi) is 4.33. The molecule has 0 radical (unpaired) electrons. The Balaban J connectivity index is 2.26. The molecule has 6 heteroatoms. The van der Waals surface area contributed by atoms with Crippen LogP contribution in [0.5, 0.6) is 0 Å². The lowest BCUT2D eigenvalue weighted by molar-refractivity contribution is -0.384. The van der Waals surface area contributed by atoms with Gasteiger partial charge in [0.25, 0.3) is 5.69 Å². The van der Waals surface area contributed by atoms with Crippen LogP contribution in [0.2, 0.25) is 0 Å². The molecule has 0 saturated heterocycles. The molecule has 0 amide bonds. The molecule has 0 atom stereocenters. The lowest BCUT2D eigenvalue weighted by atomic mass is 10.1. The van der Waals surface area contributed by atoms with Gasteiger partial charge in [-0.2, -0.15) is 5.26 Å². The molecule has 2 aromatic carbocycles. The molecule has 100 valence electrons. The maximum Gasteiger partial charge on any atom is 0.292 e. The summed E-state index contributed by atoms with van der Waals surface area (Å²) in [7, 11) is 0. The summed E-state index contributed by atoms with van der Waals surface area (Å²) in [6.45, 7) is 0.428. The number of nitrogens with one attached hydrogen (secondary N) is 1. The Morgan fingerprint density at radius 1 is 1.30 bits per heavy atom. The molecule has 5 nitrogen and oxygen atoms in total. The predicted octanol–water partition coefficient (Wildman–Crippen LogP) is 3.84. The van der Waals surface area contributed by atoms with Gasteiger partial charge < -0.3 is 5.32 Å². The van der Waals surface area contributed by atoms with Crippen LogP contribution in [0.15, 0.2) is 46.9 Å². The van der Waals surface area contributed by atoms with E-state index in [2.05, 4.69) is 21.2 Å². The fraction of sp³-hybridized carbons (Fsp3) is 0.0714. The number of hydrogen-bond donors (Lipinski definition) is 1. The fourth-order valence-corrected chi connectivity index (χ4v) is 2.16. The first-order valence-corrected chi connectivity index (χ1v) is 6.57. The number of nitro benzene ring substituents is 1. The van der Waals surface area contributed by atoms with E-state index in [1.807, 2.05) is 30.3 Å². The van der Waals surface area contributed by atoms with Crippen LogP contribution >= 0.6 is 15.9 Å². The first-order chi connectivity index (χ1) is 9.61. The Morgan fingerprint density at radius 2 is 2.05 bits per heavy atom. The van der Waals surface area contributed by atoms with Gasteiger partial charge in [-0.15, -0.1) is 0 Å². The molecule has 0 unspecified atom stereocenters. The van der Waals surface area contributed by atoms with Gasteiger partial charge in [-0.1, -0.05) is 34.1 Å². The van der Waals surface area contributed by atoms with Gasteiger partial charge in [0.05, 0.1) is 16.6 Å². The average Bonchev–Trinajstić information content (AvgIpc) is 2.46. The lowest BCUT2D eigenvalue weighted by Crippen LogP contribution is -2.03. The van der Waals surface area contributed by atoms with E-state index in [0.29, 0.717) is 17.8 Å². The molecular weight excluding hydrogens is 322 g/mol. The maximum atomic E-state index is 11.0. The van der Waals surface area contributed by atoms with Gasteiger partial charge in [-0.3, -0.25) is 10.1 Å². The first kappa shape index (κ1) is 14.0. The molecule has 0 fully saturated rings. The Bertz CT molecular complexity index is 695. The summed E-state index contributed by atoms with van der Waals surface area (Å²) in [5, 5.41) is 22.8. The molecule has 0 heterocycles. The van der Waals surface area contributed by atoms with Crippen molar-refractivity contribution in [2.24, 2.45) is 0 Å². The van der Waals surface area contributed by atoms with E-state index >= 15 is 0 Å². The van der Waals surface area contributed by atoms with Crippen LogP contribution < -0.4 is 5.32 Å². The second-order valence-electron chi connectivity index (χ2n) is 4.05. The summed E-state index contributed by atoms with van der Waals surface area (Å²) in [6.07, 6.45) is 0. The molecule has 0 aromatic heterocycles. The summed E-state index contributed by atoms with van der Waals surface area (Å²) in [5.74, 6) is 0. The number of hydrogen-bond acceptors (Lipinski definition) is 4. The van der Waals surface area contributed by atoms with Gasteiger partial charge in [0, 0.05) is 17.1 Å². The van der Waals surface area contributed by atoms with Crippen molar-refractivity contribution in [3.63, 3.8) is 0 Å². The van der Waals surface area contributed by atoms with Crippen molar-refractivity contribution in [3.8, 4) is 6.07 Å². The predicted molar refractivity (Wildman–Crippen MR) is 79.3 cm³/mol. The third kappa shape index (κ3) is 3.13. The number of rotatable bonds is 4. The zero-order valence-electron chi connectivity index (χ0n) is 10.3. The van der Waals surface area contributed by atoms with E-state index in [4.69, 9.17) is 5.26 Å². The molecule has 0 aliphatic rings. The molecule has 0 spiro atoms. The van der Waals surface area contributed by atoms with Crippen LogP contribution in [0.25, 0.3) is 0 Å². The van der Waals surface area contributed by atoms with Gasteiger partial charge in [-0.05, 0) is 23.8 Å². The van der Waals surface area contributed by atoms with Crippen molar-refractivity contribution >= 4 is 27.3 Å². The smallest absolute Gasteiger partial charge is 0.292 e. The molecule has 0 aliphatic carbocycles. The number of benzene rings is 2. The number of nitro groups is 1. The highest BCUT2D eigenvalue weighted by molar-refractivity contribution is 9.10. The van der Waals surface area contributed by atoms with Crippen LogP contribution in [-0.4, -0.2) is 4.92 Å². The highest BCUT2D eigenvalue weighted by atomic mass is 79.9. The minimum Gasteiger partial charge on any atom is -0.375 e. The van der Waals surface area contributed by atoms with Gasteiger partial charge in [-0.25, -0.2) is 0 Å². The quantitative estimate of drug-likeness (QED) is 0.681. The highest BCUT2D eigenvalue weighted by Crippen LogP contribution is 2.26. The SMILES string of the molecule is N#Cc1ccc([N+](=O)[O-])c(NCc2ccccc2Br)c1. The van der Waals surface area contributed by atoms with Gasteiger partial charge in [0.1, 0.15) is 5.69 Å². The number of nitriles is 1. The molecule has 2 aromatic rings. The Morgan fingerprint density at radius 3 is 2.70 bits per heavy atom. The van der Waals surface area contributed by atoms with Gasteiger partial charge in [0.2, 0.25) is 0 Å². The summed E-state index contributed by atoms with van der Waals surface area (Å²) in [6, 6.07) is 13.8. The normalized spacial score (nSPS) is 9.80. The van der Waals surface area contributed by atoms with Crippen LogP contribution in [0.3, 0.4) is 0 Å². The summed E-state index contributed by atoms with van der Waals surface area (Å²) in [5.41, 5.74) is 1.65. The van der Waals surface area contributed by atoms with Crippen molar-refractivity contribution in [2.75, 3.05) is 5.32 Å². The van der Waals surface area contributed by atoms with Crippen molar-refractivity contribution in [3.05, 3.63) is 68.2 Å². The van der Waals surface area contributed by atoms with E-state index in [1.165, 1.54) is 18.2 Å². The van der Waals surface area contributed by atoms with Gasteiger partial charge >= 0.3 is 0 Å². The minimum absolute atomic E-state index is 0.0453. The third-order valence-corrected chi connectivity index (χ3v) is 3.52. The fourth-order valence-electron chi connectivity index (χ4n) is 1.74. The molecule has 0 aliphatic heterocycles. The molecule has 0 bridgehead atoms. The monoisotopic (exact) mass is 331 g/mol. The second-order valence-corrected chi connectivity index (χ2v) is 4.90. The topological polar surface area (TPSA) is 79.0 Å². The number of halogens is 1. The maximum absolute atomic E-state index is 11.0. The van der Waals surface area contributed by atoms with Crippen LogP contribution in [-0.2, 0) is 6.54 Å². The standard InChI is InChI=1S/C14H10BrN3O2/c15-12-4-2-1-3-11(12)9-17-13-7-10(8-16)5-6-14(13)18(19)20/h1-7,17H,9H2. The van der Waals surface area contributed by atoms with Crippen molar-refractivity contribution < 1.29 is 4.92 Å². The number of nitrogens with zero attached hydrogens (tertiary/aromatic N) is 2. The average molecular weight is 332 g/mol. The zero-order chi connectivity index (χ0) is 14.5. The van der Waals surface area contributed by atoms with Crippen LogP contribution in [0, 0.1) is 21.4 Å². The highest BCUT2D eigenvalue weighted by Gasteiger charge is 2.14. The molecule has 1 N–H and O–H groups in total. The molecule has 2 rings (SSSR count). The Labute approximate surface area is 124 Å². The van der Waals surface area contributed by atoms with E-state index < -0.39 is 4.92 Å². The molecular formula is C14H10BrN3O2. The number of anilines is 1. The molecule has 0 saturated carbocycles. The minimum atomic E-state index is -0.469. The van der Waals surface area contributed by atoms with Crippen molar-refractivity contribution in [2.45, 2.75) is 6.54 Å². The van der Waals surface area contributed by atoms with E-state index in [0.717, 1.165) is 10.0 Å². The summed E-state index contributed by atoms with van der Waals surface area (Å²) in [4.78, 5) is 10.5. The Hall–Kier alpha value is -2.39. The van der Waals surface area contributed by atoms with Gasteiger partial charge in [0.15, 0.2) is 0 Å². The molecule has 20 heavy (non-hydrogen) atoms.